The van der Waals surface area contributed by atoms with Crippen LogP contribution in [0, 0.1) is 18.8 Å². The van der Waals surface area contributed by atoms with Gasteiger partial charge in [-0.3, -0.25) is 14.3 Å². The molecule has 2 N–H and O–H groups in total. The van der Waals surface area contributed by atoms with Gasteiger partial charge in [-0.1, -0.05) is 0 Å². The van der Waals surface area contributed by atoms with E-state index < -0.39 is 11.9 Å². The van der Waals surface area contributed by atoms with E-state index in [1.165, 1.54) is 0 Å². The minimum atomic E-state index is -0.882. The van der Waals surface area contributed by atoms with E-state index in [-0.39, 0.29) is 11.8 Å². The highest BCUT2D eigenvalue weighted by Gasteiger charge is 2.48. The standard InChI is InChI=1S/C11H15N3O3/c1-7-5-13-14(6-7)3-2-12-10(15)8-4-9(8)11(16)17/h5-6,8-9H,2-4H2,1H3,(H,12,15)(H,16,17). The fourth-order valence-corrected chi connectivity index (χ4v) is 1.77. The van der Waals surface area contributed by atoms with Crippen LogP contribution in [0.5, 0.6) is 0 Å². The first-order valence-corrected chi connectivity index (χ1v) is 5.57. The van der Waals surface area contributed by atoms with Crippen LogP contribution < -0.4 is 5.32 Å². The van der Waals surface area contributed by atoms with Crippen LogP contribution in [0.1, 0.15) is 12.0 Å². The van der Waals surface area contributed by atoms with Crippen molar-refractivity contribution < 1.29 is 14.7 Å². The zero-order valence-electron chi connectivity index (χ0n) is 9.59. The molecule has 0 aromatic carbocycles. The molecule has 1 saturated carbocycles. The summed E-state index contributed by atoms with van der Waals surface area (Å²) in [7, 11) is 0. The van der Waals surface area contributed by atoms with Gasteiger partial charge in [0.15, 0.2) is 0 Å². The van der Waals surface area contributed by atoms with Crippen molar-refractivity contribution in [2.75, 3.05) is 6.54 Å². The average molecular weight is 237 g/mol. The minimum absolute atomic E-state index is 0.165. The van der Waals surface area contributed by atoms with Crippen molar-refractivity contribution in [3.05, 3.63) is 18.0 Å². The molecule has 17 heavy (non-hydrogen) atoms. The minimum Gasteiger partial charge on any atom is -0.481 e. The van der Waals surface area contributed by atoms with Crippen LogP contribution in [0.3, 0.4) is 0 Å². The van der Waals surface area contributed by atoms with Crippen molar-refractivity contribution in [3.63, 3.8) is 0 Å². The van der Waals surface area contributed by atoms with Crippen molar-refractivity contribution in [2.24, 2.45) is 11.8 Å². The van der Waals surface area contributed by atoms with Gasteiger partial charge < -0.3 is 10.4 Å². The van der Waals surface area contributed by atoms with Crippen LogP contribution >= 0.6 is 0 Å². The molecule has 92 valence electrons. The lowest BCUT2D eigenvalue weighted by Crippen LogP contribution is -2.29. The highest BCUT2D eigenvalue weighted by Crippen LogP contribution is 2.38. The summed E-state index contributed by atoms with van der Waals surface area (Å²) < 4.78 is 1.75. The maximum atomic E-state index is 11.5. The van der Waals surface area contributed by atoms with E-state index in [2.05, 4.69) is 10.4 Å². The number of carboxylic acids is 1. The lowest BCUT2D eigenvalue weighted by molar-refractivity contribution is -0.140. The zero-order chi connectivity index (χ0) is 12.4. The third-order valence-corrected chi connectivity index (χ3v) is 2.85. The summed E-state index contributed by atoms with van der Waals surface area (Å²) in [4.78, 5) is 22.1. The Bertz CT molecular complexity index is 441. The number of nitrogens with one attached hydrogen (secondary N) is 1. The van der Waals surface area contributed by atoms with Crippen LogP contribution in [0.25, 0.3) is 0 Å². The van der Waals surface area contributed by atoms with E-state index in [0.717, 1.165) is 5.56 Å². The molecular formula is C11H15N3O3. The molecule has 6 heteroatoms. The van der Waals surface area contributed by atoms with E-state index >= 15 is 0 Å². The van der Waals surface area contributed by atoms with Gasteiger partial charge in [0.1, 0.15) is 0 Å². The fourth-order valence-electron chi connectivity index (χ4n) is 1.77. The van der Waals surface area contributed by atoms with Crippen LogP contribution in [-0.4, -0.2) is 33.3 Å². The summed E-state index contributed by atoms with van der Waals surface area (Å²) in [6.45, 7) is 3.02. The smallest absolute Gasteiger partial charge is 0.307 e. The number of aliphatic carboxylic acids is 1. The molecule has 0 aliphatic heterocycles. The summed E-state index contributed by atoms with van der Waals surface area (Å²) >= 11 is 0. The fraction of sp³-hybridized carbons (Fsp3) is 0.545. The SMILES string of the molecule is Cc1cnn(CCNC(=O)C2CC2C(=O)O)c1. The Morgan fingerprint density at radius 2 is 2.35 bits per heavy atom. The van der Waals surface area contributed by atoms with Crippen molar-refractivity contribution >= 4 is 11.9 Å². The monoisotopic (exact) mass is 237 g/mol. The molecule has 0 bridgehead atoms. The Balaban J connectivity index is 1.69. The summed E-state index contributed by atoms with van der Waals surface area (Å²) in [6.07, 6.45) is 4.11. The second-order valence-electron chi connectivity index (χ2n) is 4.36. The lowest BCUT2D eigenvalue weighted by Gasteiger charge is -2.04. The Morgan fingerprint density at radius 3 is 2.88 bits per heavy atom. The molecule has 2 rings (SSSR count). The van der Waals surface area contributed by atoms with Crippen molar-refractivity contribution in [1.29, 1.82) is 0 Å². The van der Waals surface area contributed by atoms with Gasteiger partial charge in [-0.05, 0) is 18.9 Å². The number of amides is 1. The molecule has 1 aliphatic rings. The summed E-state index contributed by atoms with van der Waals surface area (Å²) in [5.41, 5.74) is 1.07. The highest BCUT2D eigenvalue weighted by molar-refractivity contribution is 5.89. The van der Waals surface area contributed by atoms with Crippen LogP contribution in [0.4, 0.5) is 0 Å². The van der Waals surface area contributed by atoms with E-state index in [4.69, 9.17) is 5.11 Å². The van der Waals surface area contributed by atoms with Crippen LogP contribution in [0.2, 0.25) is 0 Å². The summed E-state index contributed by atoms with van der Waals surface area (Å²) in [5.74, 6) is -1.87. The first-order valence-electron chi connectivity index (χ1n) is 5.57. The first kappa shape index (κ1) is 11.6. The van der Waals surface area contributed by atoms with Crippen molar-refractivity contribution in [2.45, 2.75) is 19.9 Å². The van der Waals surface area contributed by atoms with E-state index in [1.807, 2.05) is 13.1 Å². The Morgan fingerprint density at radius 1 is 1.59 bits per heavy atom. The first-order chi connectivity index (χ1) is 8.08. The molecule has 1 aliphatic carbocycles. The molecule has 2 unspecified atom stereocenters. The topological polar surface area (TPSA) is 84.2 Å². The van der Waals surface area contributed by atoms with Gasteiger partial charge in [-0.25, -0.2) is 0 Å². The van der Waals surface area contributed by atoms with E-state index in [0.29, 0.717) is 19.5 Å². The number of carbonyl (C=O) groups excluding carboxylic acids is 1. The number of aryl methyl sites for hydroxylation is 1. The van der Waals surface area contributed by atoms with Gasteiger partial charge in [0.05, 0.1) is 24.6 Å². The second-order valence-corrected chi connectivity index (χ2v) is 4.36. The zero-order valence-corrected chi connectivity index (χ0v) is 9.59. The van der Waals surface area contributed by atoms with Crippen molar-refractivity contribution in [3.8, 4) is 0 Å². The third-order valence-electron chi connectivity index (χ3n) is 2.85. The lowest BCUT2D eigenvalue weighted by atomic mass is 10.3. The van der Waals surface area contributed by atoms with Gasteiger partial charge in [-0.15, -0.1) is 0 Å². The maximum Gasteiger partial charge on any atom is 0.307 e. The third kappa shape index (κ3) is 2.83. The predicted octanol–water partition coefficient (Wildman–Crippen LogP) is 0.0284. The molecule has 1 aromatic rings. The van der Waals surface area contributed by atoms with Crippen molar-refractivity contribution in [1.82, 2.24) is 15.1 Å². The predicted molar refractivity (Wildman–Crippen MR) is 59.2 cm³/mol. The molecule has 1 heterocycles. The molecule has 0 spiro atoms. The van der Waals surface area contributed by atoms with E-state index in [9.17, 15) is 9.59 Å². The highest BCUT2D eigenvalue weighted by atomic mass is 16.4. The number of carbonyl (C=O) groups is 2. The maximum absolute atomic E-state index is 11.5. The molecule has 0 radical (unpaired) electrons. The normalized spacial score (nSPS) is 22.2. The van der Waals surface area contributed by atoms with Gasteiger partial charge >= 0.3 is 5.97 Å². The average Bonchev–Trinajstić information content (AvgIpc) is 2.97. The number of rotatable bonds is 5. The quantitative estimate of drug-likeness (QED) is 0.756. The van der Waals surface area contributed by atoms with Gasteiger partial charge in [0, 0.05) is 12.7 Å². The molecule has 1 aromatic heterocycles. The molecule has 6 nitrogen and oxygen atoms in total. The number of aromatic nitrogens is 2. The summed E-state index contributed by atoms with van der Waals surface area (Å²) in [6, 6.07) is 0. The number of carboxylic acid groups (broad SMARTS) is 1. The summed E-state index contributed by atoms with van der Waals surface area (Å²) in [5, 5.41) is 15.5. The molecule has 2 atom stereocenters. The Labute approximate surface area is 98.6 Å². The van der Waals surface area contributed by atoms with Crippen LogP contribution in [0.15, 0.2) is 12.4 Å². The van der Waals surface area contributed by atoms with Crippen LogP contribution in [-0.2, 0) is 16.1 Å². The Hall–Kier alpha value is -1.85. The molecule has 0 saturated heterocycles. The largest absolute Gasteiger partial charge is 0.481 e. The number of hydrogen-bond donors (Lipinski definition) is 2. The second kappa shape index (κ2) is 4.57. The number of hydrogen-bond acceptors (Lipinski definition) is 3. The number of nitrogens with zero attached hydrogens (tertiary/aromatic N) is 2. The molecule has 1 amide bonds. The van der Waals surface area contributed by atoms with E-state index in [1.54, 1.807) is 10.9 Å². The van der Waals surface area contributed by atoms with Gasteiger partial charge in [0.25, 0.3) is 0 Å². The molecule has 1 fully saturated rings. The van der Waals surface area contributed by atoms with Gasteiger partial charge in [0.2, 0.25) is 5.91 Å². The molecular weight excluding hydrogens is 222 g/mol. The Kier molecular flexibility index (Phi) is 3.12. The van der Waals surface area contributed by atoms with Gasteiger partial charge in [-0.2, -0.15) is 5.10 Å².